The molecule has 150 valence electrons. The molecule has 1 atom stereocenters. The van der Waals surface area contributed by atoms with E-state index in [1.165, 1.54) is 4.31 Å². The Morgan fingerprint density at radius 1 is 1.22 bits per heavy atom. The molecule has 0 aromatic heterocycles. The number of carbonyl (C=O) groups is 1. The van der Waals surface area contributed by atoms with E-state index in [-0.39, 0.29) is 17.4 Å². The van der Waals surface area contributed by atoms with Crippen molar-refractivity contribution in [2.75, 3.05) is 19.6 Å². The van der Waals surface area contributed by atoms with Gasteiger partial charge in [-0.15, -0.1) is 0 Å². The molecule has 1 aliphatic carbocycles. The molecule has 1 aliphatic heterocycles. The molecule has 2 aliphatic rings. The molecule has 1 amide bonds. The monoisotopic (exact) mass is 393 g/mol. The van der Waals surface area contributed by atoms with Crippen LogP contribution in [0.4, 0.5) is 0 Å². The molecule has 1 unspecified atom stereocenters. The highest BCUT2D eigenvalue weighted by Crippen LogP contribution is 2.39. The molecule has 2 fully saturated rings. The predicted octanol–water partition coefficient (Wildman–Crippen LogP) is 1.95. The summed E-state index contributed by atoms with van der Waals surface area (Å²) in [4.78, 5) is 13.0. The summed E-state index contributed by atoms with van der Waals surface area (Å²) < 4.78 is 27.5. The van der Waals surface area contributed by atoms with E-state index in [2.05, 4.69) is 5.32 Å². The number of rotatable bonds is 6. The van der Waals surface area contributed by atoms with Crippen molar-refractivity contribution in [3.8, 4) is 0 Å². The van der Waals surface area contributed by atoms with Crippen molar-refractivity contribution in [3.63, 3.8) is 0 Å². The van der Waals surface area contributed by atoms with Crippen LogP contribution in [0.2, 0.25) is 0 Å². The first-order valence-electron chi connectivity index (χ1n) is 9.77. The highest BCUT2D eigenvalue weighted by Gasteiger charge is 2.43. The van der Waals surface area contributed by atoms with Crippen LogP contribution in [0.5, 0.6) is 0 Å². The fourth-order valence-corrected chi connectivity index (χ4v) is 5.69. The maximum absolute atomic E-state index is 13.0. The molecular weight excluding hydrogens is 362 g/mol. The van der Waals surface area contributed by atoms with Crippen molar-refractivity contribution in [2.24, 2.45) is 17.6 Å². The van der Waals surface area contributed by atoms with Crippen LogP contribution >= 0.6 is 0 Å². The van der Waals surface area contributed by atoms with Crippen LogP contribution < -0.4 is 11.1 Å². The van der Waals surface area contributed by atoms with Crippen molar-refractivity contribution in [2.45, 2.75) is 56.9 Å². The number of nitrogens with zero attached hydrogens (tertiary/aromatic N) is 1. The van der Waals surface area contributed by atoms with Gasteiger partial charge in [0.2, 0.25) is 15.9 Å². The van der Waals surface area contributed by atoms with E-state index >= 15 is 0 Å². The molecule has 3 N–H and O–H groups in total. The molecule has 0 bridgehead atoms. The number of aryl methyl sites for hydroxylation is 2. The molecule has 6 nitrogen and oxygen atoms in total. The first-order chi connectivity index (χ1) is 12.7. The second-order valence-corrected chi connectivity index (χ2v) is 10.2. The van der Waals surface area contributed by atoms with Gasteiger partial charge in [0.05, 0.1) is 10.4 Å². The van der Waals surface area contributed by atoms with Crippen LogP contribution in [-0.2, 0) is 14.8 Å². The number of hydrogen-bond donors (Lipinski definition) is 2. The average Bonchev–Trinajstić information content (AvgIpc) is 3.47. The van der Waals surface area contributed by atoms with Crippen LogP contribution in [-0.4, -0.2) is 43.8 Å². The SMILES string of the molecule is Cc1ccc(S(=O)(=O)N2CCC(C(=O)NC(C)(CN)C3CC3)CC2)c(C)c1. The minimum Gasteiger partial charge on any atom is -0.349 e. The molecule has 1 aromatic rings. The molecule has 27 heavy (non-hydrogen) atoms. The molecule has 3 rings (SSSR count). The van der Waals surface area contributed by atoms with Crippen LogP contribution in [0.15, 0.2) is 23.1 Å². The summed E-state index contributed by atoms with van der Waals surface area (Å²) >= 11 is 0. The summed E-state index contributed by atoms with van der Waals surface area (Å²) in [5, 5.41) is 3.14. The third-order valence-corrected chi connectivity index (χ3v) is 8.14. The summed E-state index contributed by atoms with van der Waals surface area (Å²) in [7, 11) is -3.52. The Kier molecular flexibility index (Phi) is 5.66. The fraction of sp³-hybridized carbons (Fsp3) is 0.650. The number of sulfonamides is 1. The number of nitrogens with two attached hydrogens (primary N) is 1. The molecule has 7 heteroatoms. The normalized spacial score (nSPS) is 21.6. The van der Waals surface area contributed by atoms with Gasteiger partial charge in [0.1, 0.15) is 0 Å². The first-order valence-corrected chi connectivity index (χ1v) is 11.2. The summed E-state index contributed by atoms with van der Waals surface area (Å²) in [5.74, 6) is 0.329. The second kappa shape index (κ2) is 7.53. The fourth-order valence-electron chi connectivity index (χ4n) is 4.01. The standard InChI is InChI=1S/C20H31N3O3S/c1-14-4-7-18(15(2)12-14)27(25,26)23-10-8-16(9-11-23)19(24)22-20(3,13-21)17-5-6-17/h4,7,12,16-17H,5-6,8-11,13,21H2,1-3H3,(H,22,24). The minimum atomic E-state index is -3.52. The Morgan fingerprint density at radius 2 is 1.85 bits per heavy atom. The van der Waals surface area contributed by atoms with Crippen LogP contribution in [0.3, 0.4) is 0 Å². The average molecular weight is 394 g/mol. The van der Waals surface area contributed by atoms with Crippen LogP contribution in [0.25, 0.3) is 0 Å². The molecule has 0 radical (unpaired) electrons. The summed E-state index contributed by atoms with van der Waals surface area (Å²) in [6, 6.07) is 5.39. The predicted molar refractivity (Wildman–Crippen MR) is 106 cm³/mol. The van der Waals surface area contributed by atoms with E-state index < -0.39 is 10.0 Å². The molecule has 0 spiro atoms. The van der Waals surface area contributed by atoms with Gasteiger partial charge in [-0.2, -0.15) is 4.31 Å². The molecule has 1 aromatic carbocycles. The number of benzene rings is 1. The van der Waals surface area contributed by atoms with Crippen molar-refractivity contribution < 1.29 is 13.2 Å². The number of hydrogen-bond acceptors (Lipinski definition) is 4. The third-order valence-electron chi connectivity index (χ3n) is 6.08. The molecule has 1 heterocycles. The van der Waals surface area contributed by atoms with Gasteiger partial charge in [-0.25, -0.2) is 8.42 Å². The number of carbonyl (C=O) groups excluding carboxylic acids is 1. The van der Waals surface area contributed by atoms with Crippen molar-refractivity contribution >= 4 is 15.9 Å². The zero-order chi connectivity index (χ0) is 19.8. The number of amides is 1. The Bertz CT molecular complexity index is 812. The first kappa shape index (κ1) is 20.3. The van der Waals surface area contributed by atoms with Crippen LogP contribution in [0.1, 0.15) is 43.7 Å². The smallest absolute Gasteiger partial charge is 0.243 e. The highest BCUT2D eigenvalue weighted by atomic mass is 32.2. The summed E-state index contributed by atoms with van der Waals surface area (Å²) in [5.41, 5.74) is 7.36. The van der Waals surface area contributed by atoms with E-state index in [1.54, 1.807) is 6.07 Å². The second-order valence-electron chi connectivity index (χ2n) is 8.33. The summed E-state index contributed by atoms with van der Waals surface area (Å²) in [6.07, 6.45) is 3.31. The van der Waals surface area contributed by atoms with Gasteiger partial charge in [0, 0.05) is 25.6 Å². The van der Waals surface area contributed by atoms with E-state index in [1.807, 2.05) is 32.9 Å². The highest BCUT2D eigenvalue weighted by molar-refractivity contribution is 7.89. The van der Waals surface area contributed by atoms with Gasteiger partial charge < -0.3 is 11.1 Å². The maximum atomic E-state index is 13.0. The lowest BCUT2D eigenvalue weighted by molar-refractivity contribution is -0.128. The van der Waals surface area contributed by atoms with Gasteiger partial charge in [-0.3, -0.25) is 4.79 Å². The Labute approximate surface area is 162 Å². The lowest BCUT2D eigenvalue weighted by atomic mass is 9.92. The van der Waals surface area contributed by atoms with E-state index in [0.29, 0.717) is 43.3 Å². The van der Waals surface area contributed by atoms with Crippen molar-refractivity contribution in [3.05, 3.63) is 29.3 Å². The molecular formula is C20H31N3O3S. The number of piperidine rings is 1. The third kappa shape index (κ3) is 4.20. The lowest BCUT2D eigenvalue weighted by Crippen LogP contribution is -2.55. The zero-order valence-corrected chi connectivity index (χ0v) is 17.3. The van der Waals surface area contributed by atoms with Gasteiger partial charge in [0.25, 0.3) is 0 Å². The lowest BCUT2D eigenvalue weighted by Gasteiger charge is -2.35. The molecule has 1 saturated heterocycles. The van der Waals surface area contributed by atoms with Gasteiger partial charge in [-0.1, -0.05) is 17.7 Å². The van der Waals surface area contributed by atoms with Crippen molar-refractivity contribution in [1.82, 2.24) is 9.62 Å². The molecule has 1 saturated carbocycles. The summed E-state index contributed by atoms with van der Waals surface area (Å²) in [6.45, 7) is 6.97. The Hall–Kier alpha value is -1.44. The van der Waals surface area contributed by atoms with Crippen molar-refractivity contribution in [1.29, 1.82) is 0 Å². The number of nitrogens with one attached hydrogen (secondary N) is 1. The quantitative estimate of drug-likeness (QED) is 0.773. The van der Waals surface area contributed by atoms with Crippen LogP contribution in [0, 0.1) is 25.7 Å². The Morgan fingerprint density at radius 3 is 2.37 bits per heavy atom. The van der Waals surface area contributed by atoms with E-state index in [4.69, 9.17) is 5.73 Å². The van der Waals surface area contributed by atoms with Gasteiger partial charge >= 0.3 is 0 Å². The van der Waals surface area contributed by atoms with E-state index in [0.717, 1.165) is 24.0 Å². The minimum absolute atomic E-state index is 0.0124. The maximum Gasteiger partial charge on any atom is 0.243 e. The Balaban J connectivity index is 1.63. The topological polar surface area (TPSA) is 92.5 Å². The van der Waals surface area contributed by atoms with Gasteiger partial charge in [-0.05, 0) is 64.0 Å². The largest absolute Gasteiger partial charge is 0.349 e. The van der Waals surface area contributed by atoms with E-state index in [9.17, 15) is 13.2 Å². The zero-order valence-electron chi connectivity index (χ0n) is 16.5. The van der Waals surface area contributed by atoms with Gasteiger partial charge in [0.15, 0.2) is 0 Å².